The van der Waals surface area contributed by atoms with E-state index in [-0.39, 0.29) is 6.29 Å². The SMILES string of the molecule is CCC(C)C(C)NCC(OC)OC. The van der Waals surface area contributed by atoms with Gasteiger partial charge in [-0.25, -0.2) is 0 Å². The van der Waals surface area contributed by atoms with Crippen molar-refractivity contribution in [3.8, 4) is 0 Å². The van der Waals surface area contributed by atoms with Crippen LogP contribution in [0.3, 0.4) is 0 Å². The maximum Gasteiger partial charge on any atom is 0.169 e. The standard InChI is InChI=1S/C10H23NO2/c1-6-8(2)9(3)11-7-10(12-4)13-5/h8-11H,6-7H2,1-5H3. The Morgan fingerprint density at radius 2 is 1.69 bits per heavy atom. The van der Waals surface area contributed by atoms with Gasteiger partial charge in [0, 0.05) is 26.8 Å². The molecule has 0 aliphatic rings. The summed E-state index contributed by atoms with van der Waals surface area (Å²) < 4.78 is 10.2. The molecular formula is C10H23NO2. The van der Waals surface area contributed by atoms with Gasteiger partial charge in [0.15, 0.2) is 6.29 Å². The molecule has 13 heavy (non-hydrogen) atoms. The molecule has 0 bridgehead atoms. The lowest BCUT2D eigenvalue weighted by atomic mass is 10.0. The number of hydrogen-bond donors (Lipinski definition) is 1. The van der Waals surface area contributed by atoms with Gasteiger partial charge in [0.2, 0.25) is 0 Å². The summed E-state index contributed by atoms with van der Waals surface area (Å²) in [5.41, 5.74) is 0. The average Bonchev–Trinajstić information content (AvgIpc) is 2.17. The number of nitrogens with one attached hydrogen (secondary N) is 1. The fourth-order valence-electron chi connectivity index (χ4n) is 1.10. The Morgan fingerprint density at radius 3 is 2.08 bits per heavy atom. The van der Waals surface area contributed by atoms with E-state index < -0.39 is 0 Å². The molecule has 0 radical (unpaired) electrons. The van der Waals surface area contributed by atoms with Crippen LogP contribution in [-0.4, -0.2) is 33.1 Å². The highest BCUT2D eigenvalue weighted by molar-refractivity contribution is 4.67. The predicted molar refractivity (Wildman–Crippen MR) is 54.7 cm³/mol. The van der Waals surface area contributed by atoms with Crippen LogP contribution in [0.4, 0.5) is 0 Å². The first-order valence-corrected chi connectivity index (χ1v) is 4.94. The highest BCUT2D eigenvalue weighted by Gasteiger charge is 2.11. The highest BCUT2D eigenvalue weighted by Crippen LogP contribution is 2.06. The molecule has 3 heteroatoms. The second-order valence-electron chi connectivity index (χ2n) is 3.48. The molecule has 0 saturated heterocycles. The van der Waals surface area contributed by atoms with Crippen molar-refractivity contribution in [2.75, 3.05) is 20.8 Å². The molecule has 0 aromatic rings. The van der Waals surface area contributed by atoms with Crippen molar-refractivity contribution < 1.29 is 9.47 Å². The van der Waals surface area contributed by atoms with Crippen LogP contribution < -0.4 is 5.32 Å². The molecule has 2 atom stereocenters. The monoisotopic (exact) mass is 189 g/mol. The van der Waals surface area contributed by atoms with Gasteiger partial charge in [-0.1, -0.05) is 20.3 Å². The normalized spacial score (nSPS) is 16.2. The van der Waals surface area contributed by atoms with E-state index in [1.54, 1.807) is 14.2 Å². The molecule has 0 aromatic carbocycles. The minimum absolute atomic E-state index is 0.133. The summed E-state index contributed by atoms with van der Waals surface area (Å²) in [6.07, 6.45) is 1.06. The summed E-state index contributed by atoms with van der Waals surface area (Å²) in [5, 5.41) is 3.39. The Labute approximate surface area is 81.8 Å². The van der Waals surface area contributed by atoms with Crippen molar-refractivity contribution in [3.63, 3.8) is 0 Å². The quantitative estimate of drug-likeness (QED) is 0.617. The molecule has 0 spiro atoms. The van der Waals surface area contributed by atoms with Gasteiger partial charge >= 0.3 is 0 Å². The lowest BCUT2D eigenvalue weighted by Crippen LogP contribution is -2.38. The van der Waals surface area contributed by atoms with Crippen LogP contribution in [0.25, 0.3) is 0 Å². The molecule has 0 amide bonds. The van der Waals surface area contributed by atoms with E-state index >= 15 is 0 Å². The van der Waals surface area contributed by atoms with Crippen molar-refractivity contribution in [1.29, 1.82) is 0 Å². The Bertz CT molecular complexity index is 115. The Kier molecular flexibility index (Phi) is 7.23. The van der Waals surface area contributed by atoms with Crippen molar-refractivity contribution >= 4 is 0 Å². The van der Waals surface area contributed by atoms with Crippen LogP contribution in [0.15, 0.2) is 0 Å². The molecule has 3 nitrogen and oxygen atoms in total. The molecule has 0 aromatic heterocycles. The molecule has 0 aliphatic carbocycles. The maximum absolute atomic E-state index is 5.08. The van der Waals surface area contributed by atoms with Crippen molar-refractivity contribution in [3.05, 3.63) is 0 Å². The van der Waals surface area contributed by atoms with E-state index in [1.165, 1.54) is 6.42 Å². The first-order chi connectivity index (χ1) is 6.15. The van der Waals surface area contributed by atoms with Crippen LogP contribution in [0, 0.1) is 5.92 Å². The minimum atomic E-state index is -0.133. The van der Waals surface area contributed by atoms with Gasteiger partial charge in [0.1, 0.15) is 0 Å². The van der Waals surface area contributed by atoms with Crippen LogP contribution in [0.1, 0.15) is 27.2 Å². The summed E-state index contributed by atoms with van der Waals surface area (Å²) >= 11 is 0. The van der Waals surface area contributed by atoms with Crippen LogP contribution in [-0.2, 0) is 9.47 Å². The third kappa shape index (κ3) is 5.24. The van der Waals surface area contributed by atoms with Crippen molar-refractivity contribution in [2.24, 2.45) is 5.92 Å². The molecule has 0 saturated carbocycles. The zero-order valence-corrected chi connectivity index (χ0v) is 9.46. The topological polar surface area (TPSA) is 30.5 Å². The second kappa shape index (κ2) is 7.30. The van der Waals surface area contributed by atoms with Gasteiger partial charge in [-0.05, 0) is 12.8 Å². The molecule has 0 aliphatic heterocycles. The summed E-state index contributed by atoms with van der Waals surface area (Å²) in [6.45, 7) is 7.38. The third-order valence-corrected chi connectivity index (χ3v) is 2.63. The number of hydrogen-bond acceptors (Lipinski definition) is 3. The summed E-state index contributed by atoms with van der Waals surface area (Å²) in [7, 11) is 3.31. The van der Waals surface area contributed by atoms with Gasteiger partial charge in [0.25, 0.3) is 0 Å². The number of ether oxygens (including phenoxy) is 2. The lowest BCUT2D eigenvalue weighted by molar-refractivity contribution is -0.100. The molecule has 80 valence electrons. The van der Waals surface area contributed by atoms with E-state index in [9.17, 15) is 0 Å². The molecule has 0 heterocycles. The summed E-state index contributed by atoms with van der Waals surface area (Å²) in [6, 6.07) is 0.512. The smallest absolute Gasteiger partial charge is 0.169 e. The maximum atomic E-state index is 5.08. The Balaban J connectivity index is 3.61. The van der Waals surface area contributed by atoms with E-state index in [0.29, 0.717) is 12.0 Å². The van der Waals surface area contributed by atoms with E-state index in [0.717, 1.165) is 6.54 Å². The average molecular weight is 189 g/mol. The summed E-state index contributed by atoms with van der Waals surface area (Å²) in [4.78, 5) is 0. The van der Waals surface area contributed by atoms with Crippen molar-refractivity contribution in [2.45, 2.75) is 39.5 Å². The Morgan fingerprint density at radius 1 is 1.15 bits per heavy atom. The Hall–Kier alpha value is -0.120. The van der Waals surface area contributed by atoms with Gasteiger partial charge in [-0.2, -0.15) is 0 Å². The van der Waals surface area contributed by atoms with Crippen LogP contribution in [0.5, 0.6) is 0 Å². The largest absolute Gasteiger partial charge is 0.355 e. The minimum Gasteiger partial charge on any atom is -0.355 e. The fraction of sp³-hybridized carbons (Fsp3) is 1.00. The van der Waals surface area contributed by atoms with E-state index in [1.807, 2.05) is 0 Å². The first kappa shape index (κ1) is 12.9. The predicted octanol–water partition coefficient (Wildman–Crippen LogP) is 1.63. The molecular weight excluding hydrogens is 166 g/mol. The second-order valence-corrected chi connectivity index (χ2v) is 3.48. The first-order valence-electron chi connectivity index (χ1n) is 4.94. The van der Waals surface area contributed by atoms with Gasteiger partial charge in [-0.3, -0.25) is 0 Å². The third-order valence-electron chi connectivity index (χ3n) is 2.63. The van der Waals surface area contributed by atoms with E-state index in [4.69, 9.17) is 9.47 Å². The highest BCUT2D eigenvalue weighted by atomic mass is 16.7. The van der Waals surface area contributed by atoms with Crippen molar-refractivity contribution in [1.82, 2.24) is 5.32 Å². The molecule has 0 rings (SSSR count). The lowest BCUT2D eigenvalue weighted by Gasteiger charge is -2.22. The number of rotatable bonds is 7. The number of methoxy groups -OCH3 is 2. The van der Waals surface area contributed by atoms with Gasteiger partial charge < -0.3 is 14.8 Å². The summed E-state index contributed by atoms with van der Waals surface area (Å²) in [5.74, 6) is 0.689. The molecule has 1 N–H and O–H groups in total. The molecule has 2 unspecified atom stereocenters. The molecule has 0 fully saturated rings. The van der Waals surface area contributed by atoms with Crippen LogP contribution >= 0.6 is 0 Å². The zero-order chi connectivity index (χ0) is 10.3. The van der Waals surface area contributed by atoms with E-state index in [2.05, 4.69) is 26.1 Å². The van der Waals surface area contributed by atoms with Crippen LogP contribution in [0.2, 0.25) is 0 Å². The van der Waals surface area contributed by atoms with Gasteiger partial charge in [0.05, 0.1) is 0 Å². The fourth-order valence-corrected chi connectivity index (χ4v) is 1.10. The zero-order valence-electron chi connectivity index (χ0n) is 9.46. The van der Waals surface area contributed by atoms with Gasteiger partial charge in [-0.15, -0.1) is 0 Å².